The number of ketones is 1. The van der Waals surface area contributed by atoms with E-state index in [4.69, 9.17) is 0 Å². The van der Waals surface area contributed by atoms with Gasteiger partial charge in [-0.2, -0.15) is 22.0 Å². The van der Waals surface area contributed by atoms with Crippen molar-refractivity contribution < 1.29 is 48.7 Å². The Morgan fingerprint density at radius 3 is 1.73 bits per heavy atom. The van der Waals surface area contributed by atoms with Gasteiger partial charge in [-0.15, -0.1) is 0 Å². The van der Waals surface area contributed by atoms with Crippen LogP contribution in [0.2, 0.25) is 0 Å². The van der Waals surface area contributed by atoms with Crippen molar-refractivity contribution in [2.75, 3.05) is 0 Å². The number of carbonyl (C=O) groups is 1. The summed E-state index contributed by atoms with van der Waals surface area (Å²) in [6.07, 6.45) is -5.93. The second-order valence-electron chi connectivity index (χ2n) is 4.10. The largest absolute Gasteiger partial charge is 0.454 e. The zero-order valence-electron chi connectivity index (χ0n) is 9.69. The molecule has 120 valence electrons. The maximum absolute atomic E-state index is 13.4. The van der Waals surface area contributed by atoms with Crippen molar-refractivity contribution in [1.29, 1.82) is 0 Å². The predicted molar refractivity (Wildman–Crippen MR) is 49.3 cm³/mol. The van der Waals surface area contributed by atoms with Crippen molar-refractivity contribution in [3.8, 4) is 0 Å². The molecule has 11 heteroatoms. The Morgan fingerprint density at radius 2 is 1.27 bits per heavy atom. The number of Topliss-reactive ketones (excluding diaryl/α,β-unsaturated/α-hetero) is 1. The fraction of sp³-hybridized carbons (Fsp3) is 0.182. The van der Waals surface area contributed by atoms with E-state index in [1.165, 1.54) is 0 Å². The zero-order valence-corrected chi connectivity index (χ0v) is 9.69. The van der Waals surface area contributed by atoms with Gasteiger partial charge >= 0.3 is 12.1 Å². The van der Waals surface area contributed by atoms with Crippen molar-refractivity contribution in [1.82, 2.24) is 0 Å². The van der Waals surface area contributed by atoms with Crippen LogP contribution in [0.15, 0.2) is 5.83 Å². The Hall–Kier alpha value is -2.07. The second kappa shape index (κ2) is 4.46. The Bertz CT molecular complexity index is 728. The van der Waals surface area contributed by atoms with Gasteiger partial charge in [0, 0.05) is 5.56 Å². The van der Waals surface area contributed by atoms with Gasteiger partial charge < -0.3 is 0 Å². The van der Waals surface area contributed by atoms with Crippen LogP contribution in [0.5, 0.6) is 0 Å². The quantitative estimate of drug-likeness (QED) is 0.427. The van der Waals surface area contributed by atoms with Gasteiger partial charge in [-0.05, 0) is 0 Å². The molecule has 1 aromatic rings. The maximum atomic E-state index is 13.4. The number of carbonyl (C=O) groups excluding carboxylic acids is 1. The molecular weight excluding hydrogens is 338 g/mol. The van der Waals surface area contributed by atoms with E-state index in [0.717, 1.165) is 0 Å². The summed E-state index contributed by atoms with van der Waals surface area (Å²) in [6, 6.07) is 0. The van der Waals surface area contributed by atoms with Gasteiger partial charge in [0.1, 0.15) is 0 Å². The summed E-state index contributed by atoms with van der Waals surface area (Å²) in [5.74, 6) is -22.7. The molecular formula is C11F10O. The van der Waals surface area contributed by atoms with E-state index in [9.17, 15) is 48.7 Å². The molecule has 0 saturated heterocycles. The van der Waals surface area contributed by atoms with Crippen LogP contribution in [0.25, 0.3) is 5.57 Å². The Labute approximate surface area is 113 Å². The molecule has 0 fully saturated rings. The van der Waals surface area contributed by atoms with E-state index < -0.39 is 63.7 Å². The summed E-state index contributed by atoms with van der Waals surface area (Å²) in [7, 11) is 0. The average Bonchev–Trinajstić information content (AvgIpc) is 2.60. The lowest BCUT2D eigenvalue weighted by Gasteiger charge is -2.12. The third-order valence-electron chi connectivity index (χ3n) is 2.81. The van der Waals surface area contributed by atoms with Crippen LogP contribution < -0.4 is 0 Å². The molecule has 0 radical (unpaired) electrons. The highest BCUT2D eigenvalue weighted by atomic mass is 19.4. The second-order valence-corrected chi connectivity index (χ2v) is 4.10. The molecule has 0 aromatic heterocycles. The first-order valence-corrected chi connectivity index (χ1v) is 5.09. The van der Waals surface area contributed by atoms with E-state index in [0.29, 0.717) is 0 Å². The summed E-state index contributed by atoms with van der Waals surface area (Å²) in [4.78, 5) is 10.9. The summed E-state index contributed by atoms with van der Waals surface area (Å²) in [5, 5.41) is 0. The molecule has 0 bridgehead atoms. The highest BCUT2D eigenvalue weighted by Gasteiger charge is 2.58. The van der Waals surface area contributed by atoms with Crippen LogP contribution in [0, 0.1) is 23.3 Å². The first kappa shape index (κ1) is 16.3. The minimum atomic E-state index is -5.93. The molecule has 0 N–H and O–H groups in total. The van der Waals surface area contributed by atoms with E-state index in [-0.39, 0.29) is 0 Å². The van der Waals surface area contributed by atoms with Crippen LogP contribution in [-0.2, 0) is 10.7 Å². The third kappa shape index (κ3) is 1.91. The van der Waals surface area contributed by atoms with Crippen LogP contribution >= 0.6 is 0 Å². The Morgan fingerprint density at radius 1 is 0.818 bits per heavy atom. The van der Waals surface area contributed by atoms with Crippen molar-refractivity contribution in [3.63, 3.8) is 0 Å². The van der Waals surface area contributed by atoms with E-state index in [1.807, 2.05) is 0 Å². The molecule has 2 rings (SSSR count). The molecule has 0 atom stereocenters. The Kier molecular flexibility index (Phi) is 3.31. The van der Waals surface area contributed by atoms with Crippen LogP contribution in [-0.4, -0.2) is 12.0 Å². The predicted octanol–water partition coefficient (Wildman–Crippen LogP) is 4.16. The molecule has 1 aromatic carbocycles. The lowest BCUT2D eigenvalue weighted by atomic mass is 10.00. The topological polar surface area (TPSA) is 17.1 Å². The maximum Gasteiger partial charge on any atom is 0.454 e. The molecule has 0 amide bonds. The van der Waals surface area contributed by atoms with Gasteiger partial charge in [0.15, 0.2) is 29.1 Å². The normalized spacial score (nSPS) is 17.0. The lowest BCUT2D eigenvalue weighted by molar-refractivity contribution is -0.164. The van der Waals surface area contributed by atoms with Gasteiger partial charge in [0.25, 0.3) is 5.78 Å². The summed E-state index contributed by atoms with van der Waals surface area (Å²) < 4.78 is 130. The summed E-state index contributed by atoms with van der Waals surface area (Å²) >= 11 is 0. The molecule has 0 aliphatic heterocycles. The highest BCUT2D eigenvalue weighted by molar-refractivity contribution is 6.25. The van der Waals surface area contributed by atoms with Gasteiger partial charge in [-0.25, -0.2) is 22.0 Å². The number of allylic oxidation sites excluding steroid dienone is 2. The van der Waals surface area contributed by atoms with Crippen molar-refractivity contribution >= 4 is 11.4 Å². The van der Waals surface area contributed by atoms with Gasteiger partial charge in [0.2, 0.25) is 0 Å². The fourth-order valence-electron chi connectivity index (χ4n) is 1.89. The van der Waals surface area contributed by atoms with Crippen LogP contribution in [0.3, 0.4) is 0 Å². The molecule has 0 unspecified atom stereocenters. The van der Waals surface area contributed by atoms with E-state index >= 15 is 0 Å². The molecule has 0 heterocycles. The number of halogens is 10. The van der Waals surface area contributed by atoms with Gasteiger partial charge in [0.05, 0.1) is 11.1 Å². The van der Waals surface area contributed by atoms with Crippen LogP contribution in [0.1, 0.15) is 11.1 Å². The summed E-state index contributed by atoms with van der Waals surface area (Å²) in [6.45, 7) is 0. The number of benzene rings is 1. The number of hydrogen-bond acceptors (Lipinski definition) is 1. The lowest BCUT2D eigenvalue weighted by Crippen LogP contribution is -2.24. The van der Waals surface area contributed by atoms with Crippen molar-refractivity contribution in [3.05, 3.63) is 40.2 Å². The van der Waals surface area contributed by atoms with Crippen LogP contribution in [0.4, 0.5) is 43.9 Å². The molecule has 0 saturated carbocycles. The standard InChI is InChI=1S/C11F10O/c12-4-1-2(9(22)11(19,20)21)8(16)10(17,18)3(1)5(13)7(15)6(4)14. The molecule has 1 aliphatic rings. The van der Waals surface area contributed by atoms with Gasteiger partial charge in [-0.3, -0.25) is 4.79 Å². The van der Waals surface area contributed by atoms with Crippen molar-refractivity contribution in [2.24, 2.45) is 0 Å². The number of rotatable bonds is 1. The molecule has 22 heavy (non-hydrogen) atoms. The average molecular weight is 338 g/mol. The monoisotopic (exact) mass is 338 g/mol. The first-order valence-electron chi connectivity index (χ1n) is 5.09. The van der Waals surface area contributed by atoms with Crippen molar-refractivity contribution in [2.45, 2.75) is 12.1 Å². The first-order chi connectivity index (χ1) is 9.83. The number of hydrogen-bond donors (Lipinski definition) is 0. The highest BCUT2D eigenvalue weighted by Crippen LogP contribution is 2.53. The molecule has 1 aliphatic carbocycles. The van der Waals surface area contributed by atoms with Gasteiger partial charge in [-0.1, -0.05) is 0 Å². The molecule has 1 nitrogen and oxygen atoms in total. The fourth-order valence-corrected chi connectivity index (χ4v) is 1.89. The number of fused-ring (bicyclic) bond motifs is 1. The Balaban J connectivity index is 2.94. The van der Waals surface area contributed by atoms with E-state index in [2.05, 4.69) is 0 Å². The minimum Gasteiger partial charge on any atom is -0.284 e. The number of alkyl halides is 5. The van der Waals surface area contributed by atoms with E-state index in [1.54, 1.807) is 0 Å². The SMILES string of the molecule is O=C(C1=C(F)C(F)(F)c2c(F)c(F)c(F)c(F)c21)C(F)(F)F. The third-order valence-corrected chi connectivity index (χ3v) is 2.81. The zero-order chi connectivity index (χ0) is 17.2. The molecule has 0 spiro atoms. The summed E-state index contributed by atoms with van der Waals surface area (Å²) in [5.41, 5.74) is -7.39. The smallest absolute Gasteiger partial charge is 0.284 e. The minimum absolute atomic E-state index is 2.29.